The molecule has 3 aromatic carbocycles. The van der Waals surface area contributed by atoms with E-state index in [0.29, 0.717) is 16.9 Å². The van der Waals surface area contributed by atoms with E-state index < -0.39 is 23.4 Å². The second kappa shape index (κ2) is 7.48. The minimum atomic E-state index is -1.45. The number of rotatable bonds is 5. The molecule has 0 aliphatic carbocycles. The molecule has 0 spiro atoms. The summed E-state index contributed by atoms with van der Waals surface area (Å²) < 4.78 is 20.6. The summed E-state index contributed by atoms with van der Waals surface area (Å²) in [5, 5.41) is 15.9. The molecule has 158 valence electrons. The van der Waals surface area contributed by atoms with Gasteiger partial charge < -0.3 is 26.2 Å². The number of aromatic carboxylic acids is 1. The van der Waals surface area contributed by atoms with E-state index in [4.69, 9.17) is 22.1 Å². The van der Waals surface area contributed by atoms with Gasteiger partial charge in [0.25, 0.3) is 0 Å². The quantitative estimate of drug-likeness (QED) is 0.475. The number of benzene rings is 3. The highest BCUT2D eigenvalue weighted by Gasteiger charge is 2.45. The van der Waals surface area contributed by atoms with Crippen molar-refractivity contribution in [2.24, 2.45) is 5.73 Å². The van der Waals surface area contributed by atoms with Gasteiger partial charge in [-0.2, -0.15) is 0 Å². The second-order valence-electron chi connectivity index (χ2n) is 6.94. The van der Waals surface area contributed by atoms with Crippen molar-refractivity contribution in [3.8, 4) is 5.75 Å². The summed E-state index contributed by atoms with van der Waals surface area (Å²) in [5.41, 5.74) is 5.60. The Balaban J connectivity index is 1.98. The fourth-order valence-electron chi connectivity index (χ4n) is 3.73. The zero-order valence-electron chi connectivity index (χ0n) is 16.2. The monoisotopic (exact) mass is 441 g/mol. The Labute approximate surface area is 181 Å². The zero-order valence-corrected chi connectivity index (χ0v) is 17.0. The van der Waals surface area contributed by atoms with Gasteiger partial charge in [-0.3, -0.25) is 4.79 Å². The number of anilines is 2. The summed E-state index contributed by atoms with van der Waals surface area (Å²) in [6.45, 7) is 0. The SMILES string of the molecule is COc1cccc(F)c1C1(c2ccc(C(N)=O)cc2Cl)Nc2ccc(C(=O)O)cc2N1. The minimum Gasteiger partial charge on any atom is -0.496 e. The van der Waals surface area contributed by atoms with E-state index in [9.17, 15) is 14.7 Å². The van der Waals surface area contributed by atoms with Crippen molar-refractivity contribution in [3.63, 3.8) is 0 Å². The maximum Gasteiger partial charge on any atom is 0.335 e. The number of ether oxygens (including phenoxy) is 1. The number of methoxy groups -OCH3 is 1. The van der Waals surface area contributed by atoms with Crippen LogP contribution in [-0.4, -0.2) is 24.1 Å². The molecule has 3 aromatic rings. The van der Waals surface area contributed by atoms with Crippen molar-refractivity contribution in [3.05, 3.63) is 87.7 Å². The van der Waals surface area contributed by atoms with Gasteiger partial charge in [-0.25, -0.2) is 9.18 Å². The topological polar surface area (TPSA) is 114 Å². The van der Waals surface area contributed by atoms with Gasteiger partial charge >= 0.3 is 5.97 Å². The Morgan fingerprint density at radius 1 is 1.06 bits per heavy atom. The number of hydrogen-bond donors (Lipinski definition) is 4. The lowest BCUT2D eigenvalue weighted by Crippen LogP contribution is -2.41. The largest absolute Gasteiger partial charge is 0.496 e. The van der Waals surface area contributed by atoms with Gasteiger partial charge in [-0.1, -0.05) is 23.7 Å². The molecule has 9 heteroatoms. The van der Waals surface area contributed by atoms with Crippen LogP contribution in [0.2, 0.25) is 5.02 Å². The van der Waals surface area contributed by atoms with Crippen molar-refractivity contribution in [2.45, 2.75) is 5.66 Å². The van der Waals surface area contributed by atoms with Gasteiger partial charge in [0, 0.05) is 16.1 Å². The van der Waals surface area contributed by atoms with E-state index in [2.05, 4.69) is 10.6 Å². The highest BCUT2D eigenvalue weighted by atomic mass is 35.5. The Hall–Kier alpha value is -3.78. The third-order valence-electron chi connectivity index (χ3n) is 5.14. The van der Waals surface area contributed by atoms with Crippen LogP contribution in [0.4, 0.5) is 15.8 Å². The summed E-state index contributed by atoms with van der Waals surface area (Å²) in [5.74, 6) is -2.11. The summed E-state index contributed by atoms with van der Waals surface area (Å²) in [6, 6.07) is 13.3. The number of nitrogens with one attached hydrogen (secondary N) is 2. The number of amides is 1. The normalized spacial score (nSPS) is 16.7. The van der Waals surface area contributed by atoms with Crippen LogP contribution in [0.25, 0.3) is 0 Å². The van der Waals surface area contributed by atoms with Gasteiger partial charge in [0.1, 0.15) is 11.6 Å². The molecule has 0 radical (unpaired) electrons. The molecular weight excluding hydrogens is 425 g/mol. The Morgan fingerprint density at radius 3 is 2.42 bits per heavy atom. The van der Waals surface area contributed by atoms with Crippen LogP contribution in [0.5, 0.6) is 5.75 Å². The van der Waals surface area contributed by atoms with E-state index in [1.807, 2.05) is 0 Å². The summed E-state index contributed by atoms with van der Waals surface area (Å²) in [7, 11) is 1.41. The van der Waals surface area contributed by atoms with Gasteiger partial charge in [0.15, 0.2) is 5.66 Å². The van der Waals surface area contributed by atoms with Crippen LogP contribution < -0.4 is 21.1 Å². The van der Waals surface area contributed by atoms with Crippen LogP contribution in [-0.2, 0) is 5.66 Å². The standard InChI is InChI=1S/C22H17ClFN3O4/c1-31-18-4-2-3-15(24)19(18)22(13-7-5-11(20(25)28)9-14(13)23)26-16-8-6-12(21(29)30)10-17(16)27-22/h2-10,26-27H,1H3,(H2,25,28)(H,29,30). The maximum atomic E-state index is 15.2. The fraction of sp³-hybridized carbons (Fsp3) is 0.0909. The first-order valence-corrected chi connectivity index (χ1v) is 9.51. The first kappa shape index (κ1) is 20.5. The molecular formula is C22H17ClFN3O4. The first-order valence-electron chi connectivity index (χ1n) is 9.13. The lowest BCUT2D eigenvalue weighted by Gasteiger charge is -2.34. The molecule has 5 N–H and O–H groups in total. The molecule has 7 nitrogen and oxygen atoms in total. The second-order valence-corrected chi connectivity index (χ2v) is 7.35. The number of fused-ring (bicyclic) bond motifs is 1. The maximum absolute atomic E-state index is 15.2. The molecule has 0 fully saturated rings. The highest BCUT2D eigenvalue weighted by Crippen LogP contribution is 2.49. The Bertz CT molecular complexity index is 1230. The molecule has 0 saturated carbocycles. The molecule has 0 aromatic heterocycles. The van der Waals surface area contributed by atoms with Crippen LogP contribution in [0.1, 0.15) is 31.8 Å². The van der Waals surface area contributed by atoms with Crippen molar-refractivity contribution in [1.29, 1.82) is 0 Å². The zero-order chi connectivity index (χ0) is 22.3. The number of carbonyl (C=O) groups excluding carboxylic acids is 1. The van der Waals surface area contributed by atoms with E-state index in [-0.39, 0.29) is 27.5 Å². The third-order valence-corrected chi connectivity index (χ3v) is 5.45. The number of hydrogen-bond acceptors (Lipinski definition) is 5. The van der Waals surface area contributed by atoms with Crippen LogP contribution in [0.15, 0.2) is 54.6 Å². The van der Waals surface area contributed by atoms with Crippen LogP contribution >= 0.6 is 11.6 Å². The van der Waals surface area contributed by atoms with E-state index >= 15 is 4.39 Å². The lowest BCUT2D eigenvalue weighted by molar-refractivity contribution is 0.0696. The molecule has 1 aliphatic rings. The van der Waals surface area contributed by atoms with Crippen molar-refractivity contribution < 1.29 is 23.8 Å². The van der Waals surface area contributed by atoms with Crippen molar-refractivity contribution in [2.75, 3.05) is 17.7 Å². The minimum absolute atomic E-state index is 0.0551. The summed E-state index contributed by atoms with van der Waals surface area (Å²) in [4.78, 5) is 23.0. The Kier molecular flexibility index (Phi) is 4.94. The average molecular weight is 442 g/mol. The molecule has 31 heavy (non-hydrogen) atoms. The number of carboxylic acid groups (broad SMARTS) is 1. The molecule has 0 saturated heterocycles. The van der Waals surface area contributed by atoms with Gasteiger partial charge in [-0.05, 0) is 42.5 Å². The molecule has 1 aliphatic heterocycles. The van der Waals surface area contributed by atoms with Gasteiger partial charge in [0.2, 0.25) is 5.91 Å². The molecule has 0 bridgehead atoms. The molecule has 1 unspecified atom stereocenters. The predicted molar refractivity (Wildman–Crippen MR) is 114 cm³/mol. The Morgan fingerprint density at radius 2 is 1.77 bits per heavy atom. The smallest absolute Gasteiger partial charge is 0.335 e. The van der Waals surface area contributed by atoms with Gasteiger partial charge in [-0.15, -0.1) is 0 Å². The highest BCUT2D eigenvalue weighted by molar-refractivity contribution is 6.32. The van der Waals surface area contributed by atoms with E-state index in [1.54, 1.807) is 18.2 Å². The number of halogens is 2. The number of carbonyl (C=O) groups is 2. The predicted octanol–water partition coefficient (Wildman–Crippen LogP) is 4.02. The fourth-order valence-corrected chi connectivity index (χ4v) is 4.05. The molecule has 1 atom stereocenters. The average Bonchev–Trinajstić information content (AvgIpc) is 3.12. The number of carboxylic acids is 1. The molecule has 1 heterocycles. The van der Waals surface area contributed by atoms with Crippen LogP contribution in [0.3, 0.4) is 0 Å². The van der Waals surface area contributed by atoms with E-state index in [0.717, 1.165) is 0 Å². The van der Waals surface area contributed by atoms with Crippen molar-refractivity contribution in [1.82, 2.24) is 0 Å². The number of primary amides is 1. The van der Waals surface area contributed by atoms with Gasteiger partial charge in [0.05, 0.1) is 29.6 Å². The summed E-state index contributed by atoms with van der Waals surface area (Å²) in [6.07, 6.45) is 0. The molecule has 1 amide bonds. The molecule has 4 rings (SSSR count). The number of nitrogens with two attached hydrogens (primary N) is 1. The first-order chi connectivity index (χ1) is 14.8. The summed E-state index contributed by atoms with van der Waals surface area (Å²) >= 11 is 6.52. The van der Waals surface area contributed by atoms with Crippen LogP contribution in [0, 0.1) is 5.82 Å². The lowest BCUT2D eigenvalue weighted by atomic mass is 9.89. The van der Waals surface area contributed by atoms with E-state index in [1.165, 1.54) is 43.5 Å². The van der Waals surface area contributed by atoms with Crippen molar-refractivity contribution >= 4 is 34.9 Å². The third kappa shape index (κ3) is 3.30.